The number of imide groups is 1. The molecule has 1 aliphatic rings. The molecule has 2 aromatic carbocycles. The van der Waals surface area contributed by atoms with Crippen LogP contribution in [0.5, 0.6) is 5.75 Å². The first-order valence-corrected chi connectivity index (χ1v) is 10.0. The van der Waals surface area contributed by atoms with Crippen molar-refractivity contribution in [2.24, 2.45) is 5.92 Å². The summed E-state index contributed by atoms with van der Waals surface area (Å²) in [6.07, 6.45) is 0. The monoisotopic (exact) mass is 424 g/mol. The normalized spacial score (nSPS) is 12.7. The molecule has 0 radical (unpaired) electrons. The van der Waals surface area contributed by atoms with Gasteiger partial charge in [-0.3, -0.25) is 19.3 Å². The maximum atomic E-state index is 12.5. The Morgan fingerprint density at radius 3 is 2.45 bits per heavy atom. The number of rotatable bonds is 8. The Hall–Kier alpha value is -3.68. The summed E-state index contributed by atoms with van der Waals surface area (Å²) in [5.41, 5.74) is 0.980. The fourth-order valence-corrected chi connectivity index (χ4v) is 3.20. The van der Waals surface area contributed by atoms with E-state index in [9.17, 15) is 19.2 Å². The Labute approximate surface area is 180 Å². The van der Waals surface area contributed by atoms with Crippen LogP contribution in [0.2, 0.25) is 0 Å². The number of fused-ring (bicyclic) bond motifs is 1. The molecule has 162 valence electrons. The van der Waals surface area contributed by atoms with Gasteiger partial charge in [0.05, 0.1) is 29.0 Å². The summed E-state index contributed by atoms with van der Waals surface area (Å²) in [5.74, 6) is -1.47. The first-order chi connectivity index (χ1) is 14.8. The molecule has 0 spiro atoms. The zero-order valence-corrected chi connectivity index (χ0v) is 17.6. The highest BCUT2D eigenvalue weighted by Gasteiger charge is 2.36. The van der Waals surface area contributed by atoms with Gasteiger partial charge in [-0.25, -0.2) is 4.79 Å². The lowest BCUT2D eigenvalue weighted by atomic mass is 10.1. The summed E-state index contributed by atoms with van der Waals surface area (Å²) in [7, 11) is 0. The molecule has 0 unspecified atom stereocenters. The molecule has 3 rings (SSSR count). The average Bonchev–Trinajstić information content (AvgIpc) is 2.97. The molecule has 2 aromatic rings. The summed E-state index contributed by atoms with van der Waals surface area (Å²) < 4.78 is 10.5. The van der Waals surface area contributed by atoms with Crippen LogP contribution in [0.3, 0.4) is 0 Å². The molecule has 8 nitrogen and oxygen atoms in total. The zero-order chi connectivity index (χ0) is 22.5. The van der Waals surface area contributed by atoms with Crippen molar-refractivity contribution in [3.8, 4) is 5.75 Å². The third kappa shape index (κ3) is 4.91. The van der Waals surface area contributed by atoms with Gasteiger partial charge in [-0.1, -0.05) is 26.0 Å². The molecular weight excluding hydrogens is 400 g/mol. The van der Waals surface area contributed by atoms with Crippen LogP contribution in [0.4, 0.5) is 5.69 Å². The summed E-state index contributed by atoms with van der Waals surface area (Å²) >= 11 is 0. The van der Waals surface area contributed by atoms with E-state index in [0.717, 1.165) is 0 Å². The highest BCUT2D eigenvalue weighted by Crippen LogP contribution is 2.26. The molecule has 0 aliphatic carbocycles. The van der Waals surface area contributed by atoms with E-state index in [4.69, 9.17) is 9.47 Å². The minimum absolute atomic E-state index is 0.0915. The van der Waals surface area contributed by atoms with E-state index in [1.54, 1.807) is 24.3 Å². The Balaban J connectivity index is 1.64. The number of hydrogen-bond donors (Lipinski definition) is 1. The number of amides is 3. The van der Waals surface area contributed by atoms with Gasteiger partial charge in [-0.15, -0.1) is 0 Å². The number of anilines is 1. The van der Waals surface area contributed by atoms with Gasteiger partial charge >= 0.3 is 5.97 Å². The summed E-state index contributed by atoms with van der Waals surface area (Å²) in [5, 5.41) is 2.63. The SMILES string of the molecule is CCOc1ccccc1NC(=O)COC(=O)c1ccc2c(c1)C(=O)N(CC(C)C)C2=O. The van der Waals surface area contributed by atoms with Crippen LogP contribution in [-0.4, -0.2) is 48.3 Å². The molecule has 8 heteroatoms. The molecule has 0 bridgehead atoms. The van der Waals surface area contributed by atoms with Gasteiger partial charge < -0.3 is 14.8 Å². The van der Waals surface area contributed by atoms with E-state index in [1.807, 2.05) is 20.8 Å². The van der Waals surface area contributed by atoms with E-state index in [-0.39, 0.29) is 28.5 Å². The third-order valence-corrected chi connectivity index (χ3v) is 4.55. The van der Waals surface area contributed by atoms with Crippen molar-refractivity contribution in [1.82, 2.24) is 4.90 Å². The van der Waals surface area contributed by atoms with Crippen LogP contribution < -0.4 is 10.1 Å². The standard InChI is InChI=1S/C23H24N2O6/c1-4-30-19-8-6-5-7-18(19)24-20(26)13-31-23(29)15-9-10-16-17(11-15)22(28)25(21(16)27)12-14(2)3/h5-11,14H,4,12-13H2,1-3H3,(H,24,26). The van der Waals surface area contributed by atoms with Crippen molar-refractivity contribution in [2.45, 2.75) is 20.8 Å². The van der Waals surface area contributed by atoms with Gasteiger partial charge in [-0.05, 0) is 43.2 Å². The largest absolute Gasteiger partial charge is 0.492 e. The number of nitrogens with one attached hydrogen (secondary N) is 1. The molecule has 1 aliphatic heterocycles. The molecular formula is C23H24N2O6. The molecule has 0 saturated heterocycles. The van der Waals surface area contributed by atoms with Crippen LogP contribution in [0.1, 0.15) is 51.8 Å². The number of para-hydroxylation sites is 2. The minimum Gasteiger partial charge on any atom is -0.492 e. The number of nitrogens with zero attached hydrogens (tertiary/aromatic N) is 1. The van der Waals surface area contributed by atoms with Gasteiger partial charge in [0, 0.05) is 6.54 Å². The molecule has 3 amide bonds. The Kier molecular flexibility index (Phi) is 6.69. The highest BCUT2D eigenvalue weighted by atomic mass is 16.5. The maximum Gasteiger partial charge on any atom is 0.338 e. The van der Waals surface area contributed by atoms with Crippen LogP contribution in [-0.2, 0) is 9.53 Å². The molecule has 1 N–H and O–H groups in total. The predicted octanol–water partition coefficient (Wildman–Crippen LogP) is 3.13. The minimum atomic E-state index is -0.765. The second-order valence-corrected chi connectivity index (χ2v) is 7.43. The average molecular weight is 424 g/mol. The fraction of sp³-hybridized carbons (Fsp3) is 0.304. The van der Waals surface area contributed by atoms with E-state index >= 15 is 0 Å². The van der Waals surface area contributed by atoms with Crippen molar-refractivity contribution >= 4 is 29.4 Å². The maximum absolute atomic E-state index is 12.5. The van der Waals surface area contributed by atoms with Crippen LogP contribution in [0.25, 0.3) is 0 Å². The van der Waals surface area contributed by atoms with E-state index in [1.165, 1.54) is 23.1 Å². The van der Waals surface area contributed by atoms with E-state index < -0.39 is 24.4 Å². The molecule has 1 heterocycles. The Bertz CT molecular complexity index is 1030. The van der Waals surface area contributed by atoms with Crippen LogP contribution >= 0.6 is 0 Å². The van der Waals surface area contributed by atoms with Crippen molar-refractivity contribution in [2.75, 3.05) is 25.1 Å². The number of carbonyl (C=O) groups excluding carboxylic acids is 4. The first-order valence-electron chi connectivity index (χ1n) is 10.0. The van der Waals surface area contributed by atoms with Crippen molar-refractivity contribution in [3.63, 3.8) is 0 Å². The third-order valence-electron chi connectivity index (χ3n) is 4.55. The number of benzene rings is 2. The van der Waals surface area contributed by atoms with Gasteiger partial charge in [0.15, 0.2) is 6.61 Å². The number of esters is 1. The van der Waals surface area contributed by atoms with Crippen LogP contribution in [0, 0.1) is 5.92 Å². The Morgan fingerprint density at radius 2 is 1.74 bits per heavy atom. The second kappa shape index (κ2) is 9.42. The number of ether oxygens (including phenoxy) is 2. The van der Waals surface area contributed by atoms with Gasteiger partial charge in [0.2, 0.25) is 0 Å². The fourth-order valence-electron chi connectivity index (χ4n) is 3.20. The quantitative estimate of drug-likeness (QED) is 0.516. The van der Waals surface area contributed by atoms with Crippen molar-refractivity contribution in [3.05, 3.63) is 59.2 Å². The number of carbonyl (C=O) groups is 4. The van der Waals surface area contributed by atoms with E-state index in [2.05, 4.69) is 5.32 Å². The lowest BCUT2D eigenvalue weighted by molar-refractivity contribution is -0.119. The smallest absolute Gasteiger partial charge is 0.338 e. The van der Waals surface area contributed by atoms with Crippen molar-refractivity contribution in [1.29, 1.82) is 0 Å². The first kappa shape index (κ1) is 22.0. The lowest BCUT2D eigenvalue weighted by Gasteiger charge is -2.15. The predicted molar refractivity (Wildman–Crippen MR) is 113 cm³/mol. The highest BCUT2D eigenvalue weighted by molar-refractivity contribution is 6.22. The summed E-state index contributed by atoms with van der Waals surface area (Å²) in [6, 6.07) is 11.1. The molecule has 0 atom stereocenters. The van der Waals surface area contributed by atoms with E-state index in [0.29, 0.717) is 24.6 Å². The molecule has 0 saturated carbocycles. The lowest BCUT2D eigenvalue weighted by Crippen LogP contribution is -2.33. The molecule has 0 aromatic heterocycles. The zero-order valence-electron chi connectivity index (χ0n) is 17.6. The molecule has 0 fully saturated rings. The topological polar surface area (TPSA) is 102 Å². The van der Waals surface area contributed by atoms with Gasteiger partial charge in [0.25, 0.3) is 17.7 Å². The van der Waals surface area contributed by atoms with Crippen LogP contribution in [0.15, 0.2) is 42.5 Å². The number of hydrogen-bond acceptors (Lipinski definition) is 6. The summed E-state index contributed by atoms with van der Waals surface area (Å²) in [6.45, 7) is 5.87. The molecule has 31 heavy (non-hydrogen) atoms. The van der Waals surface area contributed by atoms with Gasteiger partial charge in [0.1, 0.15) is 5.75 Å². The van der Waals surface area contributed by atoms with Crippen molar-refractivity contribution < 1.29 is 28.7 Å². The summed E-state index contributed by atoms with van der Waals surface area (Å²) in [4.78, 5) is 50.7. The Morgan fingerprint density at radius 1 is 1.03 bits per heavy atom. The van der Waals surface area contributed by atoms with Gasteiger partial charge in [-0.2, -0.15) is 0 Å². The second-order valence-electron chi connectivity index (χ2n) is 7.43.